The highest BCUT2D eigenvalue weighted by atomic mass is 16.5. The van der Waals surface area contributed by atoms with Crippen molar-refractivity contribution in [2.45, 2.75) is 34.6 Å². The molecule has 0 amide bonds. The van der Waals surface area contributed by atoms with E-state index in [-0.39, 0.29) is 0 Å². The molecule has 0 heterocycles. The number of ether oxygens (including phenoxy) is 3. The molecule has 1 aromatic carbocycles. The van der Waals surface area contributed by atoms with E-state index in [1.54, 1.807) is 7.11 Å². The van der Waals surface area contributed by atoms with Crippen LogP contribution in [0.5, 0.6) is 5.75 Å². The SMILES string of the molecule is COC(=O)C1=C(C(=O)OC)C2(C)C(c3ccc(OC)cc3)=C(C)C1(C)C2(C)C. The quantitative estimate of drug-likeness (QED) is 0.729. The molecule has 0 aliphatic heterocycles. The molecule has 3 rings (SSSR count). The summed E-state index contributed by atoms with van der Waals surface area (Å²) in [5.41, 5.74) is 2.11. The van der Waals surface area contributed by atoms with Gasteiger partial charge in [-0.1, -0.05) is 45.4 Å². The molecular weight excluding hydrogens is 356 g/mol. The first-order valence-electron chi connectivity index (χ1n) is 9.32. The summed E-state index contributed by atoms with van der Waals surface area (Å²) < 4.78 is 15.5. The van der Waals surface area contributed by atoms with Crippen LogP contribution in [0.4, 0.5) is 0 Å². The van der Waals surface area contributed by atoms with Crippen molar-refractivity contribution in [3.8, 4) is 5.75 Å². The lowest BCUT2D eigenvalue weighted by Crippen LogP contribution is -2.39. The van der Waals surface area contributed by atoms with Gasteiger partial charge in [0, 0.05) is 10.8 Å². The molecule has 28 heavy (non-hydrogen) atoms. The highest BCUT2D eigenvalue weighted by Crippen LogP contribution is 2.77. The summed E-state index contributed by atoms with van der Waals surface area (Å²) in [6, 6.07) is 7.80. The van der Waals surface area contributed by atoms with E-state index in [0.29, 0.717) is 11.1 Å². The molecule has 2 aliphatic carbocycles. The van der Waals surface area contributed by atoms with Crippen LogP contribution in [0.3, 0.4) is 0 Å². The number of hydrogen-bond donors (Lipinski definition) is 0. The largest absolute Gasteiger partial charge is 0.497 e. The van der Waals surface area contributed by atoms with E-state index in [9.17, 15) is 9.59 Å². The average Bonchev–Trinajstić information content (AvgIpc) is 2.90. The standard InChI is InChI=1S/C23H28O5/c1-13-16(14-9-11-15(26-6)12-10-14)23(5)18(20(25)28-8)17(19(24)27-7)22(13,4)21(23,2)3/h9-12H,1-8H3. The molecule has 5 nitrogen and oxygen atoms in total. The summed E-state index contributed by atoms with van der Waals surface area (Å²) in [7, 11) is 4.32. The number of methoxy groups -OCH3 is 3. The number of fused-ring (bicyclic) bond motifs is 2. The second-order valence-electron chi connectivity index (χ2n) is 8.34. The lowest BCUT2D eigenvalue weighted by Gasteiger charge is -2.42. The summed E-state index contributed by atoms with van der Waals surface area (Å²) in [5, 5.41) is 0. The lowest BCUT2D eigenvalue weighted by atomic mass is 9.59. The minimum atomic E-state index is -0.711. The first kappa shape index (κ1) is 20.2. The van der Waals surface area contributed by atoms with Crippen molar-refractivity contribution in [1.29, 1.82) is 0 Å². The Morgan fingerprint density at radius 3 is 1.68 bits per heavy atom. The molecule has 150 valence electrons. The maximum Gasteiger partial charge on any atom is 0.335 e. The molecule has 2 unspecified atom stereocenters. The Kier molecular flexibility index (Phi) is 4.49. The molecule has 0 saturated heterocycles. The van der Waals surface area contributed by atoms with Crippen molar-refractivity contribution in [2.75, 3.05) is 21.3 Å². The Morgan fingerprint density at radius 1 is 0.786 bits per heavy atom. The Balaban J connectivity index is 2.36. The Hall–Kier alpha value is -2.56. The fraction of sp³-hybridized carbons (Fsp3) is 0.478. The summed E-state index contributed by atoms with van der Waals surface area (Å²) in [5.74, 6) is -0.203. The van der Waals surface area contributed by atoms with Crippen LogP contribution in [0.25, 0.3) is 5.57 Å². The van der Waals surface area contributed by atoms with Crippen LogP contribution < -0.4 is 4.74 Å². The van der Waals surface area contributed by atoms with Gasteiger partial charge in [-0.2, -0.15) is 0 Å². The van der Waals surface area contributed by atoms with Crippen molar-refractivity contribution >= 4 is 17.5 Å². The van der Waals surface area contributed by atoms with E-state index in [1.165, 1.54) is 14.2 Å². The third-order valence-corrected chi connectivity index (χ3v) is 7.53. The average molecular weight is 384 g/mol. The molecular formula is C23H28O5. The third kappa shape index (κ3) is 2.07. The van der Waals surface area contributed by atoms with Crippen LogP contribution in [0, 0.1) is 16.2 Å². The fourth-order valence-corrected chi connectivity index (χ4v) is 5.42. The topological polar surface area (TPSA) is 61.8 Å². The number of hydrogen-bond acceptors (Lipinski definition) is 5. The van der Waals surface area contributed by atoms with Crippen LogP contribution in [-0.2, 0) is 19.1 Å². The minimum absolute atomic E-state index is 0.394. The zero-order chi connectivity index (χ0) is 21.1. The molecule has 5 heteroatoms. The van der Waals surface area contributed by atoms with Gasteiger partial charge in [0.1, 0.15) is 5.75 Å². The second-order valence-corrected chi connectivity index (χ2v) is 8.34. The number of allylic oxidation sites excluding steroid dienone is 2. The second kappa shape index (κ2) is 6.23. The number of carbonyl (C=O) groups excluding carboxylic acids is 2. The molecule has 2 bridgehead atoms. The molecule has 0 radical (unpaired) electrons. The van der Waals surface area contributed by atoms with Crippen molar-refractivity contribution in [1.82, 2.24) is 0 Å². The summed E-state index contributed by atoms with van der Waals surface area (Å²) in [4.78, 5) is 25.7. The van der Waals surface area contributed by atoms with Gasteiger partial charge in [-0.25, -0.2) is 9.59 Å². The Morgan fingerprint density at radius 2 is 1.25 bits per heavy atom. The van der Waals surface area contributed by atoms with Gasteiger partial charge in [0.15, 0.2) is 0 Å². The molecule has 1 aromatic rings. The Labute approximate surface area is 166 Å². The van der Waals surface area contributed by atoms with E-state index >= 15 is 0 Å². The van der Waals surface area contributed by atoms with E-state index in [4.69, 9.17) is 14.2 Å². The number of carbonyl (C=O) groups is 2. The maximum atomic E-state index is 12.9. The zero-order valence-electron chi connectivity index (χ0n) is 17.9. The monoisotopic (exact) mass is 384 g/mol. The van der Waals surface area contributed by atoms with Crippen molar-refractivity contribution in [3.05, 3.63) is 46.5 Å². The van der Waals surface area contributed by atoms with Gasteiger partial charge in [-0.05, 0) is 35.6 Å². The lowest BCUT2D eigenvalue weighted by molar-refractivity contribution is -0.140. The highest BCUT2D eigenvalue weighted by Gasteiger charge is 2.72. The number of benzene rings is 1. The van der Waals surface area contributed by atoms with Crippen LogP contribution in [0.1, 0.15) is 40.2 Å². The summed E-state index contributed by atoms with van der Waals surface area (Å²) in [6.45, 7) is 10.3. The van der Waals surface area contributed by atoms with E-state index in [0.717, 1.165) is 22.5 Å². The summed E-state index contributed by atoms with van der Waals surface area (Å²) in [6.07, 6.45) is 0. The molecule has 2 aliphatic rings. The Bertz CT molecular complexity index is 919. The smallest absolute Gasteiger partial charge is 0.335 e. The van der Waals surface area contributed by atoms with Gasteiger partial charge >= 0.3 is 11.9 Å². The van der Waals surface area contributed by atoms with Gasteiger partial charge in [0.05, 0.1) is 32.5 Å². The fourth-order valence-electron chi connectivity index (χ4n) is 5.42. The van der Waals surface area contributed by atoms with Gasteiger partial charge < -0.3 is 14.2 Å². The van der Waals surface area contributed by atoms with E-state index in [1.807, 2.05) is 45.0 Å². The number of rotatable bonds is 4. The molecule has 0 aromatic heterocycles. The van der Waals surface area contributed by atoms with Crippen LogP contribution >= 0.6 is 0 Å². The highest BCUT2D eigenvalue weighted by molar-refractivity contribution is 6.10. The number of esters is 2. The molecule has 0 spiro atoms. The third-order valence-electron chi connectivity index (χ3n) is 7.53. The van der Waals surface area contributed by atoms with Crippen molar-refractivity contribution in [2.24, 2.45) is 16.2 Å². The summed E-state index contributed by atoms with van der Waals surface area (Å²) >= 11 is 0. The molecule has 0 saturated carbocycles. The predicted molar refractivity (Wildman–Crippen MR) is 107 cm³/mol. The molecule has 0 fully saturated rings. The first-order valence-corrected chi connectivity index (χ1v) is 9.32. The van der Waals surface area contributed by atoms with Crippen LogP contribution in [0.2, 0.25) is 0 Å². The normalized spacial score (nSPS) is 27.9. The van der Waals surface area contributed by atoms with Gasteiger partial charge in [-0.3, -0.25) is 0 Å². The predicted octanol–water partition coefficient (Wildman–Crippen LogP) is 4.18. The maximum absolute atomic E-state index is 12.9. The van der Waals surface area contributed by atoms with Gasteiger partial charge in [-0.15, -0.1) is 0 Å². The molecule has 0 N–H and O–H groups in total. The van der Waals surface area contributed by atoms with Gasteiger partial charge in [0.2, 0.25) is 0 Å². The van der Waals surface area contributed by atoms with Crippen molar-refractivity contribution in [3.63, 3.8) is 0 Å². The molecule has 2 atom stereocenters. The first-order chi connectivity index (χ1) is 13.0. The van der Waals surface area contributed by atoms with Crippen LogP contribution in [-0.4, -0.2) is 33.3 Å². The zero-order valence-corrected chi connectivity index (χ0v) is 17.9. The van der Waals surface area contributed by atoms with Crippen LogP contribution in [0.15, 0.2) is 41.0 Å². The minimum Gasteiger partial charge on any atom is -0.497 e. The van der Waals surface area contributed by atoms with E-state index < -0.39 is 28.2 Å². The van der Waals surface area contributed by atoms with Gasteiger partial charge in [0.25, 0.3) is 0 Å². The van der Waals surface area contributed by atoms with Crippen molar-refractivity contribution < 1.29 is 23.8 Å². The van der Waals surface area contributed by atoms with E-state index in [2.05, 4.69) is 13.8 Å².